The Hall–Kier alpha value is -2.42. The van der Waals surface area contributed by atoms with Crippen molar-refractivity contribution in [1.82, 2.24) is 15.0 Å². The minimum atomic E-state index is -3.75. The van der Waals surface area contributed by atoms with Crippen LogP contribution in [0.2, 0.25) is 0 Å². The van der Waals surface area contributed by atoms with Crippen molar-refractivity contribution >= 4 is 35.1 Å². The molecule has 2 heterocycles. The molecule has 7 nitrogen and oxygen atoms in total. The van der Waals surface area contributed by atoms with Crippen LogP contribution in [0.1, 0.15) is 40.0 Å². The molecule has 3 rings (SSSR count). The summed E-state index contributed by atoms with van der Waals surface area (Å²) in [7, 11) is 0. The number of hydrogen-bond acceptors (Lipinski definition) is 7. The van der Waals surface area contributed by atoms with Crippen molar-refractivity contribution in [3.63, 3.8) is 0 Å². The third-order valence-electron chi connectivity index (χ3n) is 4.09. The number of benzene rings is 1. The molecule has 1 aromatic heterocycles. The molecule has 1 aliphatic heterocycles. The summed E-state index contributed by atoms with van der Waals surface area (Å²) in [6, 6.07) is 5.94. The summed E-state index contributed by atoms with van der Waals surface area (Å²) < 4.78 is 29.8. The highest BCUT2D eigenvalue weighted by Crippen LogP contribution is 2.27. The zero-order valence-corrected chi connectivity index (χ0v) is 17.4. The van der Waals surface area contributed by atoms with E-state index in [4.69, 9.17) is 11.6 Å². The lowest BCUT2D eigenvalue weighted by Gasteiger charge is -2.28. The lowest BCUT2D eigenvalue weighted by Crippen LogP contribution is -2.33. The third kappa shape index (κ3) is 6.85. The number of nitrogens with zero attached hydrogens (tertiary/aromatic N) is 4. The van der Waals surface area contributed by atoms with E-state index in [-0.39, 0.29) is 11.3 Å². The molecule has 0 aliphatic carbocycles. The molecule has 0 radical (unpaired) electrons. The third-order valence-corrected chi connectivity index (χ3v) is 4.17. The Morgan fingerprint density at radius 3 is 2.17 bits per heavy atom. The van der Waals surface area contributed by atoms with Gasteiger partial charge in [-0.05, 0) is 64.3 Å². The Kier molecular flexibility index (Phi) is 6.26. The average Bonchev–Trinajstić information content (AvgIpc) is 2.61. The molecule has 0 saturated carbocycles. The molecule has 0 bridgehead atoms. The first kappa shape index (κ1) is 21.3. The van der Waals surface area contributed by atoms with Crippen molar-refractivity contribution in [3.8, 4) is 5.75 Å². The maximum Gasteiger partial charge on any atom is 0.487 e. The predicted octanol–water partition coefficient (Wildman–Crippen LogP) is 4.98. The number of rotatable bonds is 6. The first-order valence-corrected chi connectivity index (χ1v) is 9.87. The van der Waals surface area contributed by atoms with Gasteiger partial charge in [0.1, 0.15) is 5.75 Å². The summed E-state index contributed by atoms with van der Waals surface area (Å²) in [5.74, 6) is 1.40. The van der Waals surface area contributed by atoms with Crippen LogP contribution < -0.4 is 20.3 Å². The van der Waals surface area contributed by atoms with Gasteiger partial charge >= 0.3 is 5.57 Å². The Labute approximate surface area is 173 Å². The molecule has 0 amide bonds. The van der Waals surface area contributed by atoms with Crippen LogP contribution in [0.3, 0.4) is 0 Å². The number of piperidine rings is 1. The van der Waals surface area contributed by atoms with Crippen molar-refractivity contribution in [2.24, 2.45) is 0 Å². The van der Waals surface area contributed by atoms with Crippen molar-refractivity contribution in [1.29, 1.82) is 0 Å². The number of halogens is 3. The fourth-order valence-corrected chi connectivity index (χ4v) is 3.01. The second kappa shape index (κ2) is 8.52. The molecule has 10 heteroatoms. The van der Waals surface area contributed by atoms with Gasteiger partial charge in [-0.25, -0.2) is 0 Å². The number of aromatic nitrogens is 3. The lowest BCUT2D eigenvalue weighted by molar-refractivity contribution is -0.0964. The van der Waals surface area contributed by atoms with E-state index < -0.39 is 5.57 Å². The summed E-state index contributed by atoms with van der Waals surface area (Å²) in [6.45, 7) is 7.87. The lowest BCUT2D eigenvalue weighted by atomic mass is 10.1. The molecular weight excluding hydrogens is 402 g/mol. The van der Waals surface area contributed by atoms with Gasteiger partial charge in [0.25, 0.3) is 0 Å². The number of hydrogen-bond donors (Lipinski definition) is 2. The molecule has 0 atom stereocenters. The molecule has 1 fully saturated rings. The van der Waals surface area contributed by atoms with E-state index in [1.165, 1.54) is 18.6 Å². The van der Waals surface area contributed by atoms with Gasteiger partial charge in [-0.1, -0.05) is 0 Å². The highest BCUT2D eigenvalue weighted by molar-refractivity contribution is 6.20. The van der Waals surface area contributed by atoms with Crippen molar-refractivity contribution in [2.45, 2.75) is 51.1 Å². The van der Waals surface area contributed by atoms with E-state index in [1.54, 1.807) is 12.1 Å². The summed E-state index contributed by atoms with van der Waals surface area (Å²) in [4.78, 5) is 15.7. The van der Waals surface area contributed by atoms with Crippen molar-refractivity contribution in [3.05, 3.63) is 24.3 Å². The molecule has 2 aromatic rings. The summed E-state index contributed by atoms with van der Waals surface area (Å²) in [5.41, 5.74) is -3.35. The largest absolute Gasteiger partial charge is 0.487 e. The average molecular weight is 427 g/mol. The Bertz CT molecular complexity index is 817. The Balaban J connectivity index is 1.82. The van der Waals surface area contributed by atoms with Crippen LogP contribution in [0.4, 0.5) is 32.3 Å². The fourth-order valence-electron chi connectivity index (χ4n) is 2.92. The van der Waals surface area contributed by atoms with Crippen LogP contribution in [0.25, 0.3) is 0 Å². The van der Waals surface area contributed by atoms with Crippen LogP contribution in [-0.4, -0.2) is 39.1 Å². The maximum absolute atomic E-state index is 12.7. The molecule has 2 N–H and O–H groups in total. The van der Waals surface area contributed by atoms with Gasteiger partial charge in [0, 0.05) is 35.9 Å². The normalized spacial score (nSPS) is 15.2. The van der Waals surface area contributed by atoms with Crippen LogP contribution in [0, 0.1) is 0 Å². The second-order valence-corrected chi connectivity index (χ2v) is 8.34. The number of anilines is 4. The predicted molar refractivity (Wildman–Crippen MR) is 110 cm³/mol. The maximum atomic E-state index is 12.7. The second-order valence-electron chi connectivity index (χ2n) is 7.90. The molecule has 0 unspecified atom stereocenters. The molecule has 1 saturated heterocycles. The number of ether oxygens (including phenoxy) is 1. The van der Waals surface area contributed by atoms with E-state index in [0.717, 1.165) is 25.9 Å². The highest BCUT2D eigenvalue weighted by atomic mass is 35.5. The van der Waals surface area contributed by atoms with Crippen LogP contribution >= 0.6 is 11.6 Å². The van der Waals surface area contributed by atoms with Gasteiger partial charge in [0.2, 0.25) is 17.8 Å². The molecule has 1 aromatic carbocycles. The topological polar surface area (TPSA) is 75.2 Å². The molecular formula is C19H25ClF2N6O. The monoisotopic (exact) mass is 426 g/mol. The number of nitrogens with one attached hydrogen (secondary N) is 2. The summed E-state index contributed by atoms with van der Waals surface area (Å²) >= 11 is 4.79. The van der Waals surface area contributed by atoms with Crippen molar-refractivity contribution in [2.75, 3.05) is 28.6 Å². The van der Waals surface area contributed by atoms with Gasteiger partial charge in [0.15, 0.2) is 0 Å². The smallest absolute Gasteiger partial charge is 0.420 e. The van der Waals surface area contributed by atoms with E-state index in [9.17, 15) is 8.78 Å². The van der Waals surface area contributed by atoms with Gasteiger partial charge < -0.3 is 20.3 Å². The summed E-state index contributed by atoms with van der Waals surface area (Å²) in [5, 5.41) is 6.37. The molecule has 1 aliphatic rings. The van der Waals surface area contributed by atoms with Gasteiger partial charge in [0.05, 0.1) is 0 Å². The zero-order chi connectivity index (χ0) is 21.1. The summed E-state index contributed by atoms with van der Waals surface area (Å²) in [6.07, 6.45) is 3.40. The minimum Gasteiger partial charge on any atom is -0.420 e. The molecule has 0 spiro atoms. The quantitative estimate of drug-likeness (QED) is 0.630. The standard InChI is InChI=1S/C19H25ClF2N6O/c1-18(2,3)27-16-24-15(25-17(26-16)28-11-5-4-6-12-28)23-13-7-9-14(10-8-13)29-19(20,21)22/h7-10H,4-6,11-12H2,1-3H3,(H2,23,24,25,26,27). The van der Waals surface area contributed by atoms with Gasteiger partial charge in [-0.2, -0.15) is 15.0 Å². The zero-order valence-electron chi connectivity index (χ0n) is 16.7. The fraction of sp³-hybridized carbons (Fsp3) is 0.526. The first-order valence-electron chi connectivity index (χ1n) is 9.49. The minimum absolute atomic E-state index is 0.0460. The Morgan fingerprint density at radius 2 is 1.59 bits per heavy atom. The van der Waals surface area contributed by atoms with Crippen LogP contribution in [0.5, 0.6) is 5.75 Å². The first-order chi connectivity index (χ1) is 13.6. The van der Waals surface area contributed by atoms with Gasteiger partial charge in [-0.15, -0.1) is 8.78 Å². The SMILES string of the molecule is CC(C)(C)Nc1nc(Nc2ccc(OC(F)(F)Cl)cc2)nc(N2CCCCC2)n1. The molecule has 158 valence electrons. The van der Waals surface area contributed by atoms with Crippen LogP contribution in [0.15, 0.2) is 24.3 Å². The van der Waals surface area contributed by atoms with Gasteiger partial charge in [-0.3, -0.25) is 0 Å². The highest BCUT2D eigenvalue weighted by Gasteiger charge is 2.27. The Morgan fingerprint density at radius 1 is 0.966 bits per heavy atom. The van der Waals surface area contributed by atoms with Crippen molar-refractivity contribution < 1.29 is 13.5 Å². The molecule has 29 heavy (non-hydrogen) atoms. The van der Waals surface area contributed by atoms with E-state index in [2.05, 4.69) is 35.2 Å². The van der Waals surface area contributed by atoms with E-state index >= 15 is 0 Å². The van der Waals surface area contributed by atoms with E-state index in [1.807, 2.05) is 20.8 Å². The van der Waals surface area contributed by atoms with Crippen LogP contribution in [-0.2, 0) is 0 Å². The number of alkyl halides is 3. The van der Waals surface area contributed by atoms with E-state index in [0.29, 0.717) is 23.5 Å².